The van der Waals surface area contributed by atoms with Gasteiger partial charge in [-0.25, -0.2) is 36.5 Å². The molecule has 0 bridgehead atoms. The van der Waals surface area contributed by atoms with Crippen LogP contribution in [-0.2, 0) is 20.0 Å². The Morgan fingerprint density at radius 3 is 2.56 bits per heavy atom. The number of thiazole rings is 1. The molecule has 0 atom stereocenters. The van der Waals surface area contributed by atoms with E-state index in [0.717, 1.165) is 5.51 Å². The van der Waals surface area contributed by atoms with Crippen LogP contribution in [-0.4, -0.2) is 45.2 Å². The van der Waals surface area contributed by atoms with Gasteiger partial charge in [0.25, 0.3) is 10.0 Å². The number of nitrogens with two attached hydrogens (primary N) is 1. The van der Waals surface area contributed by atoms with Crippen molar-refractivity contribution in [2.75, 3.05) is 12.3 Å². The third-order valence-corrected chi connectivity index (χ3v) is 5.26. The van der Waals surface area contributed by atoms with Crippen molar-refractivity contribution in [3.05, 3.63) is 11.2 Å². The van der Waals surface area contributed by atoms with Crippen LogP contribution in [0, 0.1) is 0 Å². The summed E-state index contributed by atoms with van der Waals surface area (Å²) in [6, 6.07) is 0. The van der Waals surface area contributed by atoms with E-state index in [2.05, 4.69) is 4.98 Å². The predicted molar refractivity (Wildman–Crippen MR) is 62.2 cm³/mol. The number of rotatable bonds is 6. The molecule has 102 valence electrons. The summed E-state index contributed by atoms with van der Waals surface area (Å²) >= 11 is 0.620. The molecule has 1 aromatic heterocycles. The summed E-state index contributed by atoms with van der Waals surface area (Å²) in [7, 11) is -7.91. The van der Waals surface area contributed by atoms with E-state index in [-0.39, 0.29) is 0 Å². The molecule has 0 aromatic carbocycles. The van der Waals surface area contributed by atoms with Crippen LogP contribution in [0.4, 0.5) is 0 Å². The van der Waals surface area contributed by atoms with E-state index in [1.807, 2.05) is 4.72 Å². The maximum Gasteiger partial charge on any atom is 0.356 e. The van der Waals surface area contributed by atoms with Crippen molar-refractivity contribution in [1.82, 2.24) is 9.71 Å². The third-order valence-electron chi connectivity index (χ3n) is 1.66. The average molecular weight is 315 g/mol. The standard InChI is InChI=1S/C6H9N3O6S3/c7-17(12,13)2-1-9-18(14,15)6-4(5(10)11)8-3-16-6/h3,9H,1-2H2,(H,10,11)(H2,7,12,13). The number of carboxylic acid groups (broad SMARTS) is 1. The second-order valence-electron chi connectivity index (χ2n) is 3.06. The molecule has 0 aliphatic rings. The van der Waals surface area contributed by atoms with Gasteiger partial charge in [-0.2, -0.15) is 0 Å². The number of hydrogen-bond donors (Lipinski definition) is 3. The minimum absolute atomic E-state index is 0.446. The summed E-state index contributed by atoms with van der Waals surface area (Å²) < 4.78 is 46.0. The van der Waals surface area contributed by atoms with Gasteiger partial charge in [-0.3, -0.25) is 0 Å². The fourth-order valence-electron chi connectivity index (χ4n) is 0.952. The molecule has 4 N–H and O–H groups in total. The van der Waals surface area contributed by atoms with Crippen molar-refractivity contribution in [1.29, 1.82) is 0 Å². The molecule has 0 aliphatic heterocycles. The van der Waals surface area contributed by atoms with Crippen LogP contribution in [0.3, 0.4) is 0 Å². The predicted octanol–water partition coefficient (Wildman–Crippen LogP) is -1.59. The number of aromatic carboxylic acids is 1. The van der Waals surface area contributed by atoms with Crippen molar-refractivity contribution in [2.45, 2.75) is 4.21 Å². The van der Waals surface area contributed by atoms with Gasteiger partial charge in [0.2, 0.25) is 10.0 Å². The SMILES string of the molecule is NS(=O)(=O)CCNS(=O)(=O)c1scnc1C(=O)O. The van der Waals surface area contributed by atoms with E-state index in [1.165, 1.54) is 0 Å². The summed E-state index contributed by atoms with van der Waals surface area (Å²) in [6.45, 7) is -0.446. The quantitative estimate of drug-likeness (QED) is 0.571. The number of carboxylic acids is 1. The van der Waals surface area contributed by atoms with E-state index in [9.17, 15) is 21.6 Å². The fourth-order valence-corrected chi connectivity index (χ4v) is 3.68. The first-order valence-corrected chi connectivity index (χ1v) is 8.38. The zero-order valence-corrected chi connectivity index (χ0v) is 11.2. The molecule has 18 heavy (non-hydrogen) atoms. The lowest BCUT2D eigenvalue weighted by atomic mass is 10.5. The Bertz CT molecular complexity index is 646. The molecule has 1 rings (SSSR count). The topological polar surface area (TPSA) is 157 Å². The Labute approximate surface area is 107 Å². The Kier molecular flexibility index (Phi) is 4.39. The molecule has 0 saturated carbocycles. The average Bonchev–Trinajstić information content (AvgIpc) is 2.63. The van der Waals surface area contributed by atoms with E-state index < -0.39 is 48.2 Å². The first-order chi connectivity index (χ1) is 8.13. The van der Waals surface area contributed by atoms with Gasteiger partial charge in [-0.15, -0.1) is 11.3 Å². The molecule has 1 aromatic rings. The van der Waals surface area contributed by atoms with Gasteiger partial charge in [0.05, 0.1) is 11.3 Å². The summed E-state index contributed by atoms with van der Waals surface area (Å²) in [5.74, 6) is -2.07. The number of aromatic nitrogens is 1. The zero-order chi connectivity index (χ0) is 14.0. The molecule has 12 heteroatoms. The fraction of sp³-hybridized carbons (Fsp3) is 0.333. The highest BCUT2D eigenvalue weighted by atomic mass is 32.2. The Hall–Kier alpha value is -1.08. The van der Waals surface area contributed by atoms with Crippen LogP contribution in [0.15, 0.2) is 9.72 Å². The van der Waals surface area contributed by atoms with Crippen molar-refractivity contribution < 1.29 is 26.7 Å². The van der Waals surface area contributed by atoms with Crippen LogP contribution in [0.5, 0.6) is 0 Å². The number of carbonyl (C=O) groups is 1. The van der Waals surface area contributed by atoms with E-state index in [1.54, 1.807) is 0 Å². The van der Waals surface area contributed by atoms with Gasteiger partial charge < -0.3 is 5.11 Å². The molecule has 0 amide bonds. The number of hydrogen-bond acceptors (Lipinski definition) is 7. The lowest BCUT2D eigenvalue weighted by Gasteiger charge is -2.04. The lowest BCUT2D eigenvalue weighted by Crippen LogP contribution is -2.31. The van der Waals surface area contributed by atoms with Crippen LogP contribution in [0.25, 0.3) is 0 Å². The lowest BCUT2D eigenvalue weighted by molar-refractivity contribution is 0.0687. The Balaban J connectivity index is 2.87. The second kappa shape index (κ2) is 5.27. The van der Waals surface area contributed by atoms with Crippen LogP contribution in [0.1, 0.15) is 10.5 Å². The zero-order valence-electron chi connectivity index (χ0n) is 8.73. The third kappa shape index (κ3) is 3.99. The van der Waals surface area contributed by atoms with Gasteiger partial charge >= 0.3 is 5.97 Å². The largest absolute Gasteiger partial charge is 0.476 e. The molecular weight excluding hydrogens is 306 g/mol. The monoisotopic (exact) mass is 315 g/mol. The second-order valence-corrected chi connectivity index (χ2v) is 7.61. The van der Waals surface area contributed by atoms with E-state index in [4.69, 9.17) is 10.2 Å². The molecule has 0 saturated heterocycles. The van der Waals surface area contributed by atoms with Gasteiger partial charge in [-0.1, -0.05) is 0 Å². The number of sulfonamides is 2. The highest BCUT2D eigenvalue weighted by molar-refractivity contribution is 7.92. The number of nitrogens with zero attached hydrogens (tertiary/aromatic N) is 1. The van der Waals surface area contributed by atoms with Gasteiger partial charge in [0.15, 0.2) is 9.90 Å². The van der Waals surface area contributed by atoms with Crippen LogP contribution < -0.4 is 9.86 Å². The summed E-state index contributed by atoms with van der Waals surface area (Å²) in [5, 5.41) is 13.4. The Morgan fingerprint density at radius 1 is 1.44 bits per heavy atom. The molecular formula is C6H9N3O6S3. The summed E-state index contributed by atoms with van der Waals surface area (Å²) in [4.78, 5) is 14.1. The first kappa shape index (κ1) is 15.0. The normalized spacial score (nSPS) is 12.5. The molecule has 9 nitrogen and oxygen atoms in total. The van der Waals surface area contributed by atoms with E-state index in [0.29, 0.717) is 11.3 Å². The summed E-state index contributed by atoms with van der Waals surface area (Å²) in [5.41, 5.74) is 0.459. The smallest absolute Gasteiger partial charge is 0.356 e. The molecule has 0 unspecified atom stereocenters. The maximum atomic E-state index is 11.7. The molecule has 0 aliphatic carbocycles. The molecule has 0 radical (unpaired) electrons. The van der Waals surface area contributed by atoms with Crippen LogP contribution in [0.2, 0.25) is 0 Å². The highest BCUT2D eigenvalue weighted by Crippen LogP contribution is 2.19. The van der Waals surface area contributed by atoms with Crippen LogP contribution >= 0.6 is 11.3 Å². The maximum absolute atomic E-state index is 11.7. The number of primary sulfonamides is 1. The summed E-state index contributed by atoms with van der Waals surface area (Å²) in [6.07, 6.45) is 0. The number of nitrogens with one attached hydrogen (secondary N) is 1. The highest BCUT2D eigenvalue weighted by Gasteiger charge is 2.25. The minimum atomic E-state index is -4.11. The molecule has 0 fully saturated rings. The van der Waals surface area contributed by atoms with Crippen molar-refractivity contribution >= 4 is 37.4 Å². The first-order valence-electron chi connectivity index (χ1n) is 4.30. The molecule has 1 heterocycles. The van der Waals surface area contributed by atoms with E-state index >= 15 is 0 Å². The minimum Gasteiger partial charge on any atom is -0.476 e. The van der Waals surface area contributed by atoms with Gasteiger partial charge in [0.1, 0.15) is 0 Å². The van der Waals surface area contributed by atoms with Crippen molar-refractivity contribution in [3.63, 3.8) is 0 Å². The van der Waals surface area contributed by atoms with Gasteiger partial charge in [-0.05, 0) is 0 Å². The van der Waals surface area contributed by atoms with Crippen molar-refractivity contribution in [3.8, 4) is 0 Å². The Morgan fingerprint density at radius 2 is 2.06 bits per heavy atom. The van der Waals surface area contributed by atoms with Crippen molar-refractivity contribution in [2.24, 2.45) is 5.14 Å². The molecule has 0 spiro atoms. The van der Waals surface area contributed by atoms with Gasteiger partial charge in [0, 0.05) is 6.54 Å².